The summed E-state index contributed by atoms with van der Waals surface area (Å²) in [4.78, 5) is 15.7. The van der Waals surface area contributed by atoms with E-state index in [0.717, 1.165) is 22.3 Å². The van der Waals surface area contributed by atoms with Gasteiger partial charge < -0.3 is 15.8 Å². The summed E-state index contributed by atoms with van der Waals surface area (Å²) in [6.07, 6.45) is 1.72. The van der Waals surface area contributed by atoms with Gasteiger partial charge >= 0.3 is 0 Å². The lowest BCUT2D eigenvalue weighted by atomic mass is 9.93. The van der Waals surface area contributed by atoms with Crippen LogP contribution in [0.3, 0.4) is 0 Å². The third kappa shape index (κ3) is 2.82. The van der Waals surface area contributed by atoms with E-state index >= 15 is 0 Å². The lowest BCUT2D eigenvalue weighted by Crippen LogP contribution is -2.37. The number of carbonyl (C=O) groups is 1. The molecule has 0 saturated heterocycles. The summed E-state index contributed by atoms with van der Waals surface area (Å²) >= 11 is 0. The summed E-state index contributed by atoms with van der Waals surface area (Å²) in [6.45, 7) is 4.04. The van der Waals surface area contributed by atoms with Gasteiger partial charge in [-0.2, -0.15) is 0 Å². The molecule has 0 spiro atoms. The van der Waals surface area contributed by atoms with Gasteiger partial charge in [0, 0.05) is 18.1 Å². The van der Waals surface area contributed by atoms with Crippen molar-refractivity contribution >= 4 is 22.5 Å². The Labute approximate surface area is 118 Å². The molecule has 0 fully saturated rings. The van der Waals surface area contributed by atoms with Gasteiger partial charge in [-0.05, 0) is 43.5 Å². The number of ether oxygens (including phenoxy) is 1. The van der Waals surface area contributed by atoms with Crippen molar-refractivity contribution in [1.82, 2.24) is 4.98 Å². The quantitative estimate of drug-likeness (QED) is 0.875. The number of nitrogens with zero attached hydrogens (tertiary/aromatic N) is 1. The highest BCUT2D eigenvalue weighted by Crippen LogP contribution is 2.26. The topological polar surface area (TPSA) is 77.2 Å². The number of rotatable bonds is 5. The maximum Gasteiger partial charge on any atom is 0.224 e. The van der Waals surface area contributed by atoms with E-state index in [1.807, 2.05) is 24.3 Å². The average molecular weight is 273 g/mol. The molecule has 5 nitrogen and oxygen atoms in total. The molecule has 0 bridgehead atoms. The number of hydrogen-bond acceptors (Lipinski definition) is 4. The van der Waals surface area contributed by atoms with E-state index in [1.165, 1.54) is 0 Å². The minimum absolute atomic E-state index is 0.341. The van der Waals surface area contributed by atoms with Crippen LogP contribution in [0.2, 0.25) is 0 Å². The molecular weight excluding hydrogens is 254 g/mol. The maximum atomic E-state index is 11.3. The van der Waals surface area contributed by atoms with Gasteiger partial charge in [-0.3, -0.25) is 4.79 Å². The molecule has 2 rings (SSSR count). The first kappa shape index (κ1) is 14.1. The van der Waals surface area contributed by atoms with E-state index < -0.39 is 5.41 Å². The fourth-order valence-corrected chi connectivity index (χ4v) is 1.82. The number of nitrogens with one attached hydrogen (secondary N) is 1. The van der Waals surface area contributed by atoms with Crippen LogP contribution >= 0.6 is 0 Å². The summed E-state index contributed by atoms with van der Waals surface area (Å²) in [5.41, 5.74) is 4.74. The molecular formula is C15H19N3O2. The monoisotopic (exact) mass is 273 g/mol. The molecule has 106 valence electrons. The highest BCUT2D eigenvalue weighted by Gasteiger charge is 2.24. The van der Waals surface area contributed by atoms with Gasteiger partial charge in [-0.15, -0.1) is 0 Å². The molecule has 0 atom stereocenters. The third-order valence-corrected chi connectivity index (χ3v) is 3.34. The molecule has 5 heteroatoms. The average Bonchev–Trinajstić information content (AvgIpc) is 2.44. The van der Waals surface area contributed by atoms with Gasteiger partial charge in [0.25, 0.3) is 0 Å². The molecule has 0 aliphatic heterocycles. The highest BCUT2D eigenvalue weighted by molar-refractivity contribution is 5.92. The number of carbonyl (C=O) groups excluding carboxylic acids is 1. The summed E-state index contributed by atoms with van der Waals surface area (Å²) in [6, 6.07) is 7.69. The standard InChI is InChI=1S/C15H19N3O2/c1-15(2,14(16)19)9-18-13-12-5-4-11(20-3)8-10(12)6-7-17-13/h4-8H,9H2,1-3H3,(H2,16,19)(H,17,18). The Morgan fingerprint density at radius 1 is 1.40 bits per heavy atom. The summed E-state index contributed by atoms with van der Waals surface area (Å²) < 4.78 is 5.21. The number of methoxy groups -OCH3 is 1. The molecule has 0 aliphatic carbocycles. The molecule has 0 saturated carbocycles. The van der Waals surface area contributed by atoms with Crippen LogP contribution in [0.4, 0.5) is 5.82 Å². The molecule has 1 aromatic heterocycles. The molecule has 1 heterocycles. The second-order valence-corrected chi connectivity index (χ2v) is 5.35. The van der Waals surface area contributed by atoms with E-state index in [0.29, 0.717) is 6.54 Å². The Balaban J connectivity index is 2.29. The molecule has 2 aromatic rings. The van der Waals surface area contributed by atoms with Crippen molar-refractivity contribution in [2.45, 2.75) is 13.8 Å². The Bertz CT molecular complexity index is 638. The van der Waals surface area contributed by atoms with Crippen molar-refractivity contribution in [3.8, 4) is 5.75 Å². The Kier molecular flexibility index (Phi) is 3.79. The van der Waals surface area contributed by atoms with Crippen LogP contribution in [0, 0.1) is 5.41 Å². The zero-order valence-corrected chi connectivity index (χ0v) is 11.9. The number of primary amides is 1. The van der Waals surface area contributed by atoms with Crippen LogP contribution in [0.25, 0.3) is 10.8 Å². The van der Waals surface area contributed by atoms with Crippen LogP contribution in [0.1, 0.15) is 13.8 Å². The van der Waals surface area contributed by atoms with E-state index in [9.17, 15) is 4.79 Å². The minimum Gasteiger partial charge on any atom is -0.497 e. The van der Waals surface area contributed by atoms with Gasteiger partial charge in [0.05, 0.1) is 12.5 Å². The Morgan fingerprint density at radius 2 is 2.15 bits per heavy atom. The van der Waals surface area contributed by atoms with Gasteiger partial charge in [0.2, 0.25) is 5.91 Å². The zero-order valence-electron chi connectivity index (χ0n) is 11.9. The predicted octanol–water partition coefficient (Wildman–Crippen LogP) is 2.17. The number of benzene rings is 1. The normalized spacial score (nSPS) is 11.3. The lowest BCUT2D eigenvalue weighted by Gasteiger charge is -2.21. The first-order valence-corrected chi connectivity index (χ1v) is 6.40. The van der Waals surface area contributed by atoms with E-state index in [1.54, 1.807) is 27.2 Å². The Morgan fingerprint density at radius 3 is 2.80 bits per heavy atom. The van der Waals surface area contributed by atoms with Crippen molar-refractivity contribution in [3.05, 3.63) is 30.5 Å². The molecule has 0 aliphatic rings. The summed E-state index contributed by atoms with van der Waals surface area (Å²) in [7, 11) is 1.64. The van der Waals surface area contributed by atoms with Crippen LogP contribution in [-0.4, -0.2) is 24.5 Å². The molecule has 0 unspecified atom stereocenters. The lowest BCUT2D eigenvalue weighted by molar-refractivity contribution is -0.125. The number of fused-ring (bicyclic) bond motifs is 1. The van der Waals surface area contributed by atoms with Crippen molar-refractivity contribution in [1.29, 1.82) is 0 Å². The van der Waals surface area contributed by atoms with E-state index in [4.69, 9.17) is 10.5 Å². The predicted molar refractivity (Wildman–Crippen MR) is 79.8 cm³/mol. The number of anilines is 1. The largest absolute Gasteiger partial charge is 0.497 e. The number of nitrogens with two attached hydrogens (primary N) is 1. The van der Waals surface area contributed by atoms with Crippen LogP contribution < -0.4 is 15.8 Å². The molecule has 0 radical (unpaired) electrons. The van der Waals surface area contributed by atoms with Crippen LogP contribution in [0.5, 0.6) is 5.75 Å². The van der Waals surface area contributed by atoms with Gasteiger partial charge in [-0.1, -0.05) is 0 Å². The summed E-state index contributed by atoms with van der Waals surface area (Å²) in [5, 5.41) is 5.20. The first-order valence-electron chi connectivity index (χ1n) is 6.40. The van der Waals surface area contributed by atoms with Crippen molar-refractivity contribution in [2.75, 3.05) is 19.0 Å². The first-order chi connectivity index (χ1) is 9.44. The van der Waals surface area contributed by atoms with E-state index in [2.05, 4.69) is 10.3 Å². The molecule has 1 amide bonds. The molecule has 20 heavy (non-hydrogen) atoms. The second kappa shape index (κ2) is 5.36. The van der Waals surface area contributed by atoms with Crippen LogP contribution in [-0.2, 0) is 4.79 Å². The van der Waals surface area contributed by atoms with Crippen LogP contribution in [0.15, 0.2) is 30.5 Å². The van der Waals surface area contributed by atoms with E-state index in [-0.39, 0.29) is 5.91 Å². The fourth-order valence-electron chi connectivity index (χ4n) is 1.82. The summed E-state index contributed by atoms with van der Waals surface area (Å²) in [5.74, 6) is 1.19. The number of hydrogen-bond donors (Lipinski definition) is 2. The smallest absolute Gasteiger partial charge is 0.224 e. The van der Waals surface area contributed by atoms with Crippen molar-refractivity contribution in [2.24, 2.45) is 11.1 Å². The van der Waals surface area contributed by atoms with Gasteiger partial charge in [0.15, 0.2) is 0 Å². The maximum absolute atomic E-state index is 11.3. The second-order valence-electron chi connectivity index (χ2n) is 5.35. The number of amides is 1. The third-order valence-electron chi connectivity index (χ3n) is 3.34. The SMILES string of the molecule is COc1ccc2c(NCC(C)(C)C(N)=O)nccc2c1. The van der Waals surface area contributed by atoms with Crippen molar-refractivity contribution < 1.29 is 9.53 Å². The zero-order chi connectivity index (χ0) is 14.8. The molecule has 3 N–H and O–H groups in total. The number of aromatic nitrogens is 1. The number of pyridine rings is 1. The Hall–Kier alpha value is -2.30. The molecule has 1 aromatic carbocycles. The van der Waals surface area contributed by atoms with Crippen molar-refractivity contribution in [3.63, 3.8) is 0 Å². The van der Waals surface area contributed by atoms with Gasteiger partial charge in [-0.25, -0.2) is 4.98 Å². The fraction of sp³-hybridized carbons (Fsp3) is 0.333. The van der Waals surface area contributed by atoms with Gasteiger partial charge in [0.1, 0.15) is 11.6 Å². The minimum atomic E-state index is -0.629. The highest BCUT2D eigenvalue weighted by atomic mass is 16.5.